The van der Waals surface area contributed by atoms with Crippen LogP contribution >= 0.6 is 12.6 Å². The van der Waals surface area contributed by atoms with Gasteiger partial charge in [-0.3, -0.25) is 4.79 Å². The van der Waals surface area contributed by atoms with E-state index in [0.717, 1.165) is 0 Å². The van der Waals surface area contributed by atoms with Crippen molar-refractivity contribution in [2.45, 2.75) is 4.90 Å². The van der Waals surface area contributed by atoms with Crippen molar-refractivity contribution in [3.05, 3.63) is 28.8 Å². The standard InChI is InChI=1S/C10H7NO3S/c1-14-10(13)7-2-6(5-12)3-9(15)8(7)4-11/h2-3,5,15H,1H3. The lowest BCUT2D eigenvalue weighted by Crippen LogP contribution is -2.06. The number of hydrogen-bond acceptors (Lipinski definition) is 5. The Morgan fingerprint density at radius 3 is 2.73 bits per heavy atom. The van der Waals surface area contributed by atoms with E-state index in [1.54, 1.807) is 0 Å². The Labute approximate surface area is 91.9 Å². The monoisotopic (exact) mass is 221 g/mol. The fraction of sp³-hybridized carbons (Fsp3) is 0.100. The van der Waals surface area contributed by atoms with Crippen LogP contribution in [-0.2, 0) is 4.74 Å². The van der Waals surface area contributed by atoms with E-state index in [0.29, 0.717) is 6.29 Å². The Morgan fingerprint density at radius 1 is 1.60 bits per heavy atom. The second kappa shape index (κ2) is 4.62. The molecule has 1 aromatic carbocycles. The molecule has 1 rings (SSSR count). The third-order valence-corrected chi connectivity index (χ3v) is 2.15. The Balaban J connectivity index is 3.47. The Hall–Kier alpha value is -1.80. The molecule has 4 nitrogen and oxygen atoms in total. The fourth-order valence-electron chi connectivity index (χ4n) is 1.11. The van der Waals surface area contributed by atoms with Gasteiger partial charge in [-0.25, -0.2) is 4.79 Å². The molecule has 0 aliphatic heterocycles. The Morgan fingerprint density at radius 2 is 2.27 bits per heavy atom. The highest BCUT2D eigenvalue weighted by atomic mass is 32.1. The predicted molar refractivity (Wildman–Crippen MR) is 55.1 cm³/mol. The van der Waals surface area contributed by atoms with Gasteiger partial charge in [0.15, 0.2) is 0 Å². The summed E-state index contributed by atoms with van der Waals surface area (Å²) in [5.74, 6) is -0.662. The summed E-state index contributed by atoms with van der Waals surface area (Å²) < 4.78 is 4.49. The van der Waals surface area contributed by atoms with Crippen molar-refractivity contribution in [2.24, 2.45) is 0 Å². The van der Waals surface area contributed by atoms with E-state index < -0.39 is 5.97 Å². The van der Waals surface area contributed by atoms with E-state index in [9.17, 15) is 9.59 Å². The van der Waals surface area contributed by atoms with E-state index in [-0.39, 0.29) is 21.6 Å². The summed E-state index contributed by atoms with van der Waals surface area (Å²) in [4.78, 5) is 22.1. The van der Waals surface area contributed by atoms with Crippen LogP contribution in [0.25, 0.3) is 0 Å². The highest BCUT2D eigenvalue weighted by Gasteiger charge is 2.15. The maximum Gasteiger partial charge on any atom is 0.339 e. The highest BCUT2D eigenvalue weighted by Crippen LogP contribution is 2.20. The second-order valence-electron chi connectivity index (χ2n) is 2.68. The smallest absolute Gasteiger partial charge is 0.339 e. The molecule has 0 aromatic heterocycles. The first kappa shape index (κ1) is 11.3. The van der Waals surface area contributed by atoms with E-state index in [1.165, 1.54) is 19.2 Å². The first-order valence-corrected chi connectivity index (χ1v) is 4.39. The third-order valence-electron chi connectivity index (χ3n) is 1.79. The minimum absolute atomic E-state index is 0.0506. The van der Waals surface area contributed by atoms with Gasteiger partial charge in [-0.2, -0.15) is 5.26 Å². The van der Waals surface area contributed by atoms with E-state index >= 15 is 0 Å². The molecule has 0 spiro atoms. The van der Waals surface area contributed by atoms with Gasteiger partial charge < -0.3 is 4.74 Å². The zero-order valence-corrected chi connectivity index (χ0v) is 8.75. The summed E-state index contributed by atoms with van der Waals surface area (Å²) in [5.41, 5.74) is 0.435. The number of ether oxygens (including phenoxy) is 1. The van der Waals surface area contributed by atoms with Gasteiger partial charge in [0, 0.05) is 10.5 Å². The van der Waals surface area contributed by atoms with Crippen LogP contribution in [0.5, 0.6) is 0 Å². The minimum Gasteiger partial charge on any atom is -0.465 e. The van der Waals surface area contributed by atoms with Crippen molar-refractivity contribution in [2.75, 3.05) is 7.11 Å². The topological polar surface area (TPSA) is 67.2 Å². The maximum absolute atomic E-state index is 11.3. The van der Waals surface area contributed by atoms with E-state index in [4.69, 9.17) is 5.26 Å². The number of carbonyl (C=O) groups excluding carboxylic acids is 2. The van der Waals surface area contributed by atoms with Crippen molar-refractivity contribution in [1.82, 2.24) is 0 Å². The molecule has 0 unspecified atom stereocenters. The van der Waals surface area contributed by atoms with Crippen LogP contribution in [0.1, 0.15) is 26.3 Å². The fourth-order valence-corrected chi connectivity index (χ4v) is 1.42. The number of nitrogens with zero attached hydrogens (tertiary/aromatic N) is 1. The minimum atomic E-state index is -0.662. The molecule has 0 atom stereocenters. The van der Waals surface area contributed by atoms with Crippen molar-refractivity contribution in [3.8, 4) is 6.07 Å². The second-order valence-corrected chi connectivity index (χ2v) is 3.17. The van der Waals surface area contributed by atoms with Gasteiger partial charge in [0.25, 0.3) is 0 Å². The van der Waals surface area contributed by atoms with Crippen molar-refractivity contribution >= 4 is 24.9 Å². The van der Waals surface area contributed by atoms with Crippen molar-refractivity contribution in [3.63, 3.8) is 0 Å². The molecule has 76 valence electrons. The van der Waals surface area contributed by atoms with Gasteiger partial charge in [-0.1, -0.05) is 0 Å². The number of thiol groups is 1. The SMILES string of the molecule is COC(=O)c1cc(C=O)cc(S)c1C#N. The first-order chi connectivity index (χ1) is 7.13. The molecule has 0 saturated heterocycles. The van der Waals surface area contributed by atoms with Crippen LogP contribution in [0.2, 0.25) is 0 Å². The lowest BCUT2D eigenvalue weighted by atomic mass is 10.1. The largest absolute Gasteiger partial charge is 0.465 e. The average molecular weight is 221 g/mol. The summed E-state index contributed by atoms with van der Waals surface area (Å²) in [6.45, 7) is 0. The summed E-state index contributed by atoms with van der Waals surface area (Å²) in [5, 5.41) is 8.81. The zero-order chi connectivity index (χ0) is 11.4. The predicted octanol–water partition coefficient (Wildman–Crippen LogP) is 1.45. The summed E-state index contributed by atoms with van der Waals surface area (Å²) in [6, 6.07) is 4.56. The molecule has 0 aliphatic rings. The van der Waals surface area contributed by atoms with Crippen LogP contribution in [0.15, 0.2) is 17.0 Å². The average Bonchev–Trinajstić information content (AvgIpc) is 2.26. The van der Waals surface area contributed by atoms with Gasteiger partial charge in [-0.05, 0) is 12.1 Å². The lowest BCUT2D eigenvalue weighted by molar-refractivity contribution is 0.0600. The maximum atomic E-state index is 11.3. The molecule has 1 aromatic rings. The van der Waals surface area contributed by atoms with Gasteiger partial charge in [0.1, 0.15) is 12.4 Å². The molecule has 0 heterocycles. The zero-order valence-electron chi connectivity index (χ0n) is 7.85. The van der Waals surface area contributed by atoms with E-state index in [2.05, 4.69) is 17.4 Å². The molecule has 0 saturated carbocycles. The Kier molecular flexibility index (Phi) is 3.47. The van der Waals surface area contributed by atoms with Crippen LogP contribution < -0.4 is 0 Å². The van der Waals surface area contributed by atoms with E-state index in [1.807, 2.05) is 6.07 Å². The molecule has 0 bridgehead atoms. The number of rotatable bonds is 2. The molecule has 5 heteroatoms. The summed E-state index contributed by atoms with van der Waals surface area (Å²) in [6.07, 6.45) is 0.577. The van der Waals surface area contributed by atoms with Crippen molar-refractivity contribution in [1.29, 1.82) is 5.26 Å². The van der Waals surface area contributed by atoms with Gasteiger partial charge >= 0.3 is 5.97 Å². The number of aldehydes is 1. The highest BCUT2D eigenvalue weighted by molar-refractivity contribution is 7.80. The van der Waals surface area contributed by atoms with Crippen LogP contribution in [-0.4, -0.2) is 19.4 Å². The van der Waals surface area contributed by atoms with Gasteiger partial charge in [-0.15, -0.1) is 12.6 Å². The molecule has 0 aliphatic carbocycles. The third kappa shape index (κ3) is 2.17. The molecular weight excluding hydrogens is 214 g/mol. The molecule has 0 fully saturated rings. The number of esters is 1. The molecule has 0 N–H and O–H groups in total. The quantitative estimate of drug-likeness (QED) is 0.466. The van der Waals surface area contributed by atoms with Crippen molar-refractivity contribution < 1.29 is 14.3 Å². The number of nitriles is 1. The molecule has 0 amide bonds. The number of benzene rings is 1. The summed E-state index contributed by atoms with van der Waals surface area (Å²) in [7, 11) is 1.20. The van der Waals surface area contributed by atoms with Crippen LogP contribution in [0, 0.1) is 11.3 Å². The lowest BCUT2D eigenvalue weighted by Gasteiger charge is -2.05. The normalized spacial score (nSPS) is 9.13. The Bertz CT molecular complexity index is 462. The molecule has 0 radical (unpaired) electrons. The van der Waals surface area contributed by atoms with Crippen LogP contribution in [0.3, 0.4) is 0 Å². The summed E-state index contributed by atoms with van der Waals surface area (Å²) >= 11 is 4.02. The first-order valence-electron chi connectivity index (χ1n) is 3.94. The number of hydrogen-bond donors (Lipinski definition) is 1. The van der Waals surface area contributed by atoms with Crippen LogP contribution in [0.4, 0.5) is 0 Å². The number of carbonyl (C=O) groups is 2. The van der Waals surface area contributed by atoms with Gasteiger partial charge in [0.2, 0.25) is 0 Å². The number of methoxy groups -OCH3 is 1. The molecule has 15 heavy (non-hydrogen) atoms. The van der Waals surface area contributed by atoms with Gasteiger partial charge in [0.05, 0.1) is 18.2 Å². The molecular formula is C10H7NO3S.